The molecule has 6 nitrogen and oxygen atoms in total. The van der Waals surface area contributed by atoms with E-state index in [1.165, 1.54) is 12.1 Å². The van der Waals surface area contributed by atoms with Crippen molar-refractivity contribution >= 4 is 22.5 Å². The van der Waals surface area contributed by atoms with Crippen LogP contribution in [0.15, 0.2) is 60.7 Å². The van der Waals surface area contributed by atoms with E-state index in [9.17, 15) is 9.18 Å². The second-order valence-electron chi connectivity index (χ2n) is 6.43. The van der Waals surface area contributed by atoms with Gasteiger partial charge >= 0.3 is 6.01 Å². The van der Waals surface area contributed by atoms with Crippen molar-refractivity contribution in [2.75, 3.05) is 5.32 Å². The van der Waals surface area contributed by atoms with Gasteiger partial charge in [-0.05, 0) is 38.1 Å². The average Bonchev–Trinajstić information content (AvgIpc) is 2.72. The van der Waals surface area contributed by atoms with Gasteiger partial charge in [0.1, 0.15) is 5.69 Å². The molecule has 0 aliphatic carbocycles. The molecule has 7 heteroatoms. The molecule has 0 saturated heterocycles. The summed E-state index contributed by atoms with van der Waals surface area (Å²) >= 11 is 0. The number of nitrogens with one attached hydrogen (secondary N) is 1. The number of amides is 1. The van der Waals surface area contributed by atoms with Crippen molar-refractivity contribution in [2.24, 2.45) is 0 Å². The van der Waals surface area contributed by atoms with Gasteiger partial charge in [0.25, 0.3) is 5.91 Å². The number of fused-ring (bicyclic) bond motifs is 1. The van der Waals surface area contributed by atoms with Crippen LogP contribution in [0.5, 0.6) is 11.8 Å². The minimum absolute atomic E-state index is 0.00642. The fourth-order valence-electron chi connectivity index (χ4n) is 2.91. The third kappa shape index (κ3) is 3.89. The van der Waals surface area contributed by atoms with Crippen molar-refractivity contribution < 1.29 is 13.9 Å². The van der Waals surface area contributed by atoms with Gasteiger partial charge in [0.2, 0.25) is 0 Å². The molecule has 1 N–H and O–H groups in total. The second kappa shape index (κ2) is 7.63. The molecule has 0 aliphatic rings. The summed E-state index contributed by atoms with van der Waals surface area (Å²) in [5.41, 5.74) is 2.48. The first-order valence-corrected chi connectivity index (χ1v) is 8.96. The highest BCUT2D eigenvalue weighted by atomic mass is 19.1. The molecule has 2 aromatic heterocycles. The van der Waals surface area contributed by atoms with Crippen LogP contribution in [0.3, 0.4) is 0 Å². The van der Waals surface area contributed by atoms with E-state index in [0.717, 1.165) is 10.9 Å². The summed E-state index contributed by atoms with van der Waals surface area (Å²) in [5, 5.41) is 3.76. The van der Waals surface area contributed by atoms with Crippen LogP contribution in [0, 0.1) is 19.7 Å². The molecule has 0 atom stereocenters. The molecule has 2 aromatic carbocycles. The van der Waals surface area contributed by atoms with Crippen molar-refractivity contribution in [1.29, 1.82) is 0 Å². The van der Waals surface area contributed by atoms with Crippen molar-refractivity contribution in [3.63, 3.8) is 0 Å². The molecular weight excluding hydrogens is 371 g/mol. The highest BCUT2D eigenvalue weighted by molar-refractivity contribution is 6.04. The number of anilines is 1. The molecule has 0 unspecified atom stereocenters. The van der Waals surface area contributed by atoms with Gasteiger partial charge in [0.05, 0.1) is 22.6 Å². The monoisotopic (exact) mass is 388 g/mol. The number of hydrogen-bond donors (Lipinski definition) is 1. The molecule has 4 rings (SSSR count). The van der Waals surface area contributed by atoms with Gasteiger partial charge in [0, 0.05) is 5.39 Å². The number of ether oxygens (including phenoxy) is 1. The Labute approximate surface area is 166 Å². The molecule has 144 valence electrons. The first kappa shape index (κ1) is 18.5. The highest BCUT2D eigenvalue weighted by Gasteiger charge is 2.16. The Morgan fingerprint density at radius 2 is 1.59 bits per heavy atom. The lowest BCUT2D eigenvalue weighted by Crippen LogP contribution is -2.16. The van der Waals surface area contributed by atoms with Crippen LogP contribution in [0.25, 0.3) is 10.9 Å². The number of halogens is 1. The van der Waals surface area contributed by atoms with Gasteiger partial charge in [-0.15, -0.1) is 0 Å². The SMILES string of the molecule is Cc1nc(Oc2ccccc2F)nc(C)c1NC(=O)c1ccc2ccccc2n1. The summed E-state index contributed by atoms with van der Waals surface area (Å²) in [6.45, 7) is 3.43. The molecular formula is C22H17FN4O2. The second-order valence-corrected chi connectivity index (χ2v) is 6.43. The molecule has 1 amide bonds. The first-order chi connectivity index (χ1) is 14.0. The van der Waals surface area contributed by atoms with Crippen LogP contribution in [-0.2, 0) is 0 Å². The minimum Gasteiger partial charge on any atom is -0.421 e. The van der Waals surface area contributed by atoms with Crippen molar-refractivity contribution in [3.8, 4) is 11.8 Å². The average molecular weight is 388 g/mol. The molecule has 29 heavy (non-hydrogen) atoms. The number of benzene rings is 2. The van der Waals surface area contributed by atoms with Gasteiger partial charge in [-0.3, -0.25) is 4.79 Å². The fraction of sp³-hybridized carbons (Fsp3) is 0.0909. The number of pyridine rings is 1. The quantitative estimate of drug-likeness (QED) is 0.542. The predicted octanol–water partition coefficient (Wildman–Crippen LogP) is 4.83. The number of carbonyl (C=O) groups is 1. The largest absolute Gasteiger partial charge is 0.421 e. The number of aromatic nitrogens is 3. The summed E-state index contributed by atoms with van der Waals surface area (Å²) in [7, 11) is 0. The zero-order valence-corrected chi connectivity index (χ0v) is 15.8. The van der Waals surface area contributed by atoms with E-state index in [1.807, 2.05) is 30.3 Å². The number of rotatable bonds is 4. The summed E-state index contributed by atoms with van der Waals surface area (Å²) in [6, 6.07) is 17.1. The number of hydrogen-bond acceptors (Lipinski definition) is 5. The fourth-order valence-corrected chi connectivity index (χ4v) is 2.91. The van der Waals surface area contributed by atoms with E-state index in [4.69, 9.17) is 4.74 Å². The molecule has 0 spiro atoms. The van der Waals surface area contributed by atoms with Crippen LogP contribution >= 0.6 is 0 Å². The lowest BCUT2D eigenvalue weighted by molar-refractivity contribution is 0.102. The predicted molar refractivity (Wildman–Crippen MR) is 108 cm³/mol. The minimum atomic E-state index is -0.508. The summed E-state index contributed by atoms with van der Waals surface area (Å²) in [6.07, 6.45) is 0. The third-order valence-electron chi connectivity index (χ3n) is 4.36. The number of para-hydroxylation sites is 2. The lowest BCUT2D eigenvalue weighted by Gasteiger charge is -2.12. The van der Waals surface area contributed by atoms with E-state index < -0.39 is 5.82 Å². The van der Waals surface area contributed by atoms with E-state index in [2.05, 4.69) is 20.3 Å². The number of carbonyl (C=O) groups excluding carboxylic acids is 1. The van der Waals surface area contributed by atoms with E-state index in [1.54, 1.807) is 32.0 Å². The Hall–Kier alpha value is -3.87. The highest BCUT2D eigenvalue weighted by Crippen LogP contribution is 2.25. The Kier molecular flexibility index (Phi) is 4.87. The van der Waals surface area contributed by atoms with Crippen LogP contribution in [0.2, 0.25) is 0 Å². The Morgan fingerprint density at radius 3 is 2.34 bits per heavy atom. The maximum atomic E-state index is 13.8. The molecule has 4 aromatic rings. The Balaban J connectivity index is 1.58. The van der Waals surface area contributed by atoms with Crippen molar-refractivity contribution in [2.45, 2.75) is 13.8 Å². The van der Waals surface area contributed by atoms with Crippen LogP contribution < -0.4 is 10.1 Å². The summed E-state index contributed by atoms with van der Waals surface area (Å²) < 4.78 is 19.2. The van der Waals surface area contributed by atoms with Gasteiger partial charge in [0.15, 0.2) is 11.6 Å². The number of aryl methyl sites for hydroxylation is 2. The van der Waals surface area contributed by atoms with E-state index in [0.29, 0.717) is 17.1 Å². The van der Waals surface area contributed by atoms with Crippen LogP contribution in [0.4, 0.5) is 10.1 Å². The topological polar surface area (TPSA) is 77.0 Å². The Morgan fingerprint density at radius 1 is 0.897 bits per heavy atom. The first-order valence-electron chi connectivity index (χ1n) is 8.96. The molecule has 0 fully saturated rings. The molecule has 0 bridgehead atoms. The standard InChI is InChI=1S/C22H17FN4O2/c1-13-20(14(2)25-22(24-13)29-19-10-6-4-8-16(19)23)27-21(28)18-12-11-15-7-3-5-9-17(15)26-18/h3-12H,1-2H3,(H,27,28). The lowest BCUT2D eigenvalue weighted by atomic mass is 10.2. The third-order valence-corrected chi connectivity index (χ3v) is 4.36. The maximum absolute atomic E-state index is 13.8. The maximum Gasteiger partial charge on any atom is 0.322 e. The number of nitrogens with zero attached hydrogens (tertiary/aromatic N) is 3. The van der Waals surface area contributed by atoms with E-state index in [-0.39, 0.29) is 23.4 Å². The molecule has 0 radical (unpaired) electrons. The zero-order chi connectivity index (χ0) is 20.4. The molecule has 2 heterocycles. The molecule has 0 saturated carbocycles. The van der Waals surface area contributed by atoms with Crippen molar-refractivity contribution in [1.82, 2.24) is 15.0 Å². The summed E-state index contributed by atoms with van der Waals surface area (Å²) in [4.78, 5) is 25.5. The van der Waals surface area contributed by atoms with E-state index >= 15 is 0 Å². The van der Waals surface area contributed by atoms with Crippen LogP contribution in [-0.4, -0.2) is 20.9 Å². The van der Waals surface area contributed by atoms with Gasteiger partial charge in [-0.2, -0.15) is 9.97 Å². The van der Waals surface area contributed by atoms with Gasteiger partial charge < -0.3 is 10.1 Å². The van der Waals surface area contributed by atoms with Gasteiger partial charge in [-0.1, -0.05) is 36.4 Å². The summed E-state index contributed by atoms with van der Waals surface area (Å²) in [5.74, 6) is -0.845. The van der Waals surface area contributed by atoms with Crippen molar-refractivity contribution in [3.05, 3.63) is 83.6 Å². The smallest absolute Gasteiger partial charge is 0.322 e. The normalized spacial score (nSPS) is 10.7. The molecule has 0 aliphatic heterocycles. The van der Waals surface area contributed by atoms with Crippen LogP contribution in [0.1, 0.15) is 21.9 Å². The zero-order valence-electron chi connectivity index (χ0n) is 15.8. The van der Waals surface area contributed by atoms with Gasteiger partial charge in [-0.25, -0.2) is 9.37 Å². The Bertz CT molecular complexity index is 1200.